The van der Waals surface area contributed by atoms with Crippen LogP contribution in [0.1, 0.15) is 5.56 Å². The number of aromatic amines is 1. The van der Waals surface area contributed by atoms with Crippen molar-refractivity contribution in [3.8, 4) is 5.75 Å². The first kappa shape index (κ1) is 13.1. The highest BCUT2D eigenvalue weighted by molar-refractivity contribution is 7.99. The number of hydrogen-bond acceptors (Lipinski definition) is 3. The summed E-state index contributed by atoms with van der Waals surface area (Å²) in [7, 11) is 0. The number of hydrogen-bond donors (Lipinski definition) is 3. The van der Waals surface area contributed by atoms with Crippen molar-refractivity contribution in [3.63, 3.8) is 0 Å². The molecule has 3 aromatic rings. The summed E-state index contributed by atoms with van der Waals surface area (Å²) in [6.07, 6.45) is 2.79. The van der Waals surface area contributed by atoms with E-state index in [2.05, 4.69) is 17.1 Å². The van der Waals surface area contributed by atoms with Crippen LogP contribution in [0.25, 0.3) is 10.9 Å². The number of benzene rings is 2. The topological polar surface area (TPSA) is 62.0 Å². The summed E-state index contributed by atoms with van der Waals surface area (Å²) >= 11 is 1.70. The molecule has 4 N–H and O–H groups in total. The fourth-order valence-electron chi connectivity index (χ4n) is 2.26. The number of aromatic nitrogens is 1. The molecule has 0 saturated heterocycles. The molecule has 3 nitrogen and oxygen atoms in total. The Morgan fingerprint density at radius 1 is 1.10 bits per heavy atom. The zero-order valence-electron chi connectivity index (χ0n) is 11.0. The molecule has 0 aliphatic heterocycles. The highest BCUT2D eigenvalue weighted by atomic mass is 32.2. The van der Waals surface area contributed by atoms with Crippen LogP contribution in [0.4, 0.5) is 0 Å². The standard InChI is InChI=1S/C16H16N2OS/c17-8-7-11-9-12(19)5-6-15(11)20-16-10-18-14-4-2-1-3-13(14)16/h1-6,9-10,18-19H,7-8,17H2. The van der Waals surface area contributed by atoms with Gasteiger partial charge in [-0.1, -0.05) is 30.0 Å². The first-order valence-electron chi connectivity index (χ1n) is 6.54. The lowest BCUT2D eigenvalue weighted by atomic mass is 10.1. The lowest BCUT2D eigenvalue weighted by molar-refractivity contribution is 0.474. The van der Waals surface area contributed by atoms with E-state index in [1.54, 1.807) is 23.9 Å². The van der Waals surface area contributed by atoms with E-state index in [1.165, 1.54) is 10.3 Å². The number of aromatic hydroxyl groups is 1. The van der Waals surface area contributed by atoms with E-state index in [9.17, 15) is 5.11 Å². The molecule has 0 atom stereocenters. The third-order valence-electron chi connectivity index (χ3n) is 3.23. The minimum absolute atomic E-state index is 0.289. The van der Waals surface area contributed by atoms with Gasteiger partial charge >= 0.3 is 0 Å². The van der Waals surface area contributed by atoms with E-state index in [4.69, 9.17) is 5.73 Å². The van der Waals surface area contributed by atoms with Crippen LogP contribution in [0.2, 0.25) is 0 Å². The van der Waals surface area contributed by atoms with Gasteiger partial charge in [0.05, 0.1) is 0 Å². The molecule has 0 saturated carbocycles. The molecule has 2 aromatic carbocycles. The molecule has 102 valence electrons. The Kier molecular flexibility index (Phi) is 3.67. The average molecular weight is 284 g/mol. The zero-order chi connectivity index (χ0) is 13.9. The summed E-state index contributed by atoms with van der Waals surface area (Å²) in [4.78, 5) is 5.60. The Balaban J connectivity index is 1.98. The van der Waals surface area contributed by atoms with Gasteiger partial charge in [-0.3, -0.25) is 0 Å². The summed E-state index contributed by atoms with van der Waals surface area (Å²) in [5.41, 5.74) is 7.87. The smallest absolute Gasteiger partial charge is 0.115 e. The average Bonchev–Trinajstić information content (AvgIpc) is 2.86. The number of phenolic OH excluding ortho intramolecular Hbond substituents is 1. The third-order valence-corrected chi connectivity index (χ3v) is 4.40. The Labute approximate surface area is 121 Å². The van der Waals surface area contributed by atoms with Gasteiger partial charge in [-0.25, -0.2) is 0 Å². The van der Waals surface area contributed by atoms with Gasteiger partial charge in [0.15, 0.2) is 0 Å². The summed E-state index contributed by atoms with van der Waals surface area (Å²) in [6.45, 7) is 0.574. The van der Waals surface area contributed by atoms with Gasteiger partial charge in [0.1, 0.15) is 5.75 Å². The molecular formula is C16H16N2OS. The SMILES string of the molecule is NCCc1cc(O)ccc1Sc1c[nH]c2ccccc12. The number of rotatable bonds is 4. The van der Waals surface area contributed by atoms with Gasteiger partial charge < -0.3 is 15.8 Å². The number of phenols is 1. The van der Waals surface area contributed by atoms with Crippen molar-refractivity contribution >= 4 is 22.7 Å². The predicted molar refractivity (Wildman–Crippen MR) is 83.3 cm³/mol. The maximum Gasteiger partial charge on any atom is 0.115 e. The molecule has 0 amide bonds. The predicted octanol–water partition coefficient (Wildman–Crippen LogP) is 3.53. The van der Waals surface area contributed by atoms with Crippen LogP contribution in [0.5, 0.6) is 5.75 Å². The lowest BCUT2D eigenvalue weighted by Crippen LogP contribution is -2.03. The molecule has 20 heavy (non-hydrogen) atoms. The Bertz CT molecular complexity index is 736. The summed E-state index contributed by atoms with van der Waals surface area (Å²) in [5, 5.41) is 10.8. The van der Waals surface area contributed by atoms with Crippen LogP contribution >= 0.6 is 11.8 Å². The van der Waals surface area contributed by atoms with Crippen LogP contribution in [0.3, 0.4) is 0 Å². The quantitative estimate of drug-likeness (QED) is 0.687. The Hall–Kier alpha value is -1.91. The van der Waals surface area contributed by atoms with Crippen LogP contribution in [-0.4, -0.2) is 16.6 Å². The normalized spacial score (nSPS) is 11.1. The minimum atomic E-state index is 0.289. The van der Waals surface area contributed by atoms with E-state index in [-0.39, 0.29) is 5.75 Å². The molecule has 0 bridgehead atoms. The van der Waals surface area contributed by atoms with E-state index < -0.39 is 0 Å². The second-order valence-corrected chi connectivity index (χ2v) is 5.72. The molecule has 3 rings (SSSR count). The van der Waals surface area contributed by atoms with Crippen LogP contribution < -0.4 is 5.73 Å². The molecular weight excluding hydrogens is 268 g/mol. The van der Waals surface area contributed by atoms with Gasteiger partial charge in [0.2, 0.25) is 0 Å². The van der Waals surface area contributed by atoms with Crippen molar-refractivity contribution in [2.24, 2.45) is 5.73 Å². The van der Waals surface area contributed by atoms with Crippen molar-refractivity contribution in [1.82, 2.24) is 4.98 Å². The van der Waals surface area contributed by atoms with Crippen molar-refractivity contribution in [2.45, 2.75) is 16.2 Å². The number of H-pyrrole nitrogens is 1. The fourth-order valence-corrected chi connectivity index (χ4v) is 3.33. The van der Waals surface area contributed by atoms with Gasteiger partial charge in [0, 0.05) is 26.9 Å². The van der Waals surface area contributed by atoms with Gasteiger partial charge in [-0.15, -0.1) is 0 Å². The highest BCUT2D eigenvalue weighted by Gasteiger charge is 2.09. The first-order valence-corrected chi connectivity index (χ1v) is 7.35. The summed E-state index contributed by atoms with van der Waals surface area (Å²) in [5.74, 6) is 0.289. The highest BCUT2D eigenvalue weighted by Crippen LogP contribution is 2.36. The second kappa shape index (κ2) is 5.61. The number of para-hydroxylation sites is 1. The third kappa shape index (κ3) is 2.53. The zero-order valence-corrected chi connectivity index (χ0v) is 11.8. The summed E-state index contributed by atoms with van der Waals surface area (Å²) in [6, 6.07) is 13.7. The van der Waals surface area contributed by atoms with Gasteiger partial charge in [-0.2, -0.15) is 0 Å². The van der Waals surface area contributed by atoms with Crippen LogP contribution in [0.15, 0.2) is 58.5 Å². The monoisotopic (exact) mass is 284 g/mol. The number of fused-ring (bicyclic) bond motifs is 1. The molecule has 4 heteroatoms. The molecule has 0 unspecified atom stereocenters. The molecule has 0 aliphatic carbocycles. The van der Waals surface area contributed by atoms with E-state index in [1.807, 2.05) is 24.4 Å². The number of nitrogens with two attached hydrogens (primary N) is 1. The van der Waals surface area contributed by atoms with Gasteiger partial charge in [0.25, 0.3) is 0 Å². The molecule has 0 radical (unpaired) electrons. The molecule has 0 aliphatic rings. The minimum Gasteiger partial charge on any atom is -0.508 e. The van der Waals surface area contributed by atoms with E-state index in [0.717, 1.165) is 22.4 Å². The first-order chi connectivity index (χ1) is 9.78. The Morgan fingerprint density at radius 3 is 2.80 bits per heavy atom. The van der Waals surface area contributed by atoms with Crippen molar-refractivity contribution in [1.29, 1.82) is 0 Å². The summed E-state index contributed by atoms with van der Waals surface area (Å²) < 4.78 is 0. The molecule has 0 spiro atoms. The van der Waals surface area contributed by atoms with Gasteiger partial charge in [-0.05, 0) is 42.8 Å². The maximum atomic E-state index is 9.61. The second-order valence-electron chi connectivity index (χ2n) is 4.63. The molecule has 1 aromatic heterocycles. The Morgan fingerprint density at radius 2 is 1.95 bits per heavy atom. The van der Waals surface area contributed by atoms with Crippen molar-refractivity contribution < 1.29 is 5.11 Å². The molecule has 1 heterocycles. The fraction of sp³-hybridized carbons (Fsp3) is 0.125. The van der Waals surface area contributed by atoms with E-state index in [0.29, 0.717) is 6.54 Å². The number of nitrogens with one attached hydrogen (secondary N) is 1. The largest absolute Gasteiger partial charge is 0.508 e. The van der Waals surface area contributed by atoms with Crippen LogP contribution in [0, 0.1) is 0 Å². The van der Waals surface area contributed by atoms with E-state index >= 15 is 0 Å². The molecule has 0 fully saturated rings. The maximum absolute atomic E-state index is 9.61. The van der Waals surface area contributed by atoms with Crippen molar-refractivity contribution in [3.05, 3.63) is 54.2 Å². The van der Waals surface area contributed by atoms with Crippen molar-refractivity contribution in [2.75, 3.05) is 6.54 Å². The van der Waals surface area contributed by atoms with Crippen LogP contribution in [-0.2, 0) is 6.42 Å². The lowest BCUT2D eigenvalue weighted by Gasteiger charge is -2.08.